The number of aromatic nitrogens is 2. The molecule has 4 heterocycles. The molecule has 0 radical (unpaired) electrons. The van der Waals surface area contributed by atoms with E-state index in [1.807, 2.05) is 0 Å². The molecule has 6 heteroatoms. The fourth-order valence-electron chi connectivity index (χ4n) is 15.9. The van der Waals surface area contributed by atoms with E-state index in [0.717, 1.165) is 111 Å². The lowest BCUT2D eigenvalue weighted by Crippen LogP contribution is -2.17. The Labute approximate surface area is 608 Å². The molecule has 0 fully saturated rings. The summed E-state index contributed by atoms with van der Waals surface area (Å²) in [4.78, 5) is 4.74. The van der Waals surface area contributed by atoms with Crippen LogP contribution in [0.3, 0.4) is 0 Å². The standard InChI is InChI=1S/C98H84N4O2/c1-95(2,3)65-51-66(96(4,5)6)54-75(53-65)101-85-45-33-63(61-25-17-13-18-26-61)49-83(85)77-39-35-71(57-87(77)101)99(69-29-21-15-22-30-69)73-37-41-81-91(59-73)103-89-47-43-80-79(93(81)89)44-48-90-94(80)82-42-38-74(60-92(82)104-90)100(70-31-23-16-24-32-70)72-36-40-78-84-50-64(62-27-19-14-20-28-62)34-46-86(84)102(88(78)58-72)76-55-67(97(7,8)9)52-68(56-76)98(10,11)12/h13-60H,1-12H3. The van der Waals surface area contributed by atoms with Crippen LogP contribution in [0, 0.1) is 0 Å². The van der Waals surface area contributed by atoms with Gasteiger partial charge in [-0.2, -0.15) is 0 Å². The van der Waals surface area contributed by atoms with E-state index in [2.05, 4.69) is 393 Å². The van der Waals surface area contributed by atoms with Crippen LogP contribution in [0.5, 0.6) is 0 Å². The number of nitrogens with zero attached hydrogens (tertiary/aromatic N) is 4. The number of anilines is 6. The van der Waals surface area contributed by atoms with E-state index in [1.54, 1.807) is 0 Å². The Morgan fingerprint density at radius 3 is 0.885 bits per heavy atom. The molecule has 0 saturated heterocycles. The van der Waals surface area contributed by atoms with Gasteiger partial charge in [0.15, 0.2) is 0 Å². The van der Waals surface area contributed by atoms with Crippen LogP contribution in [0.4, 0.5) is 34.1 Å². The van der Waals surface area contributed by atoms with Gasteiger partial charge >= 0.3 is 0 Å². The topological polar surface area (TPSA) is 42.6 Å². The molecule has 0 aliphatic heterocycles. The van der Waals surface area contributed by atoms with Crippen molar-refractivity contribution in [1.82, 2.24) is 9.13 Å². The van der Waals surface area contributed by atoms with E-state index in [1.165, 1.54) is 77.1 Å². The largest absolute Gasteiger partial charge is 0.456 e. The summed E-state index contributed by atoms with van der Waals surface area (Å²) in [5.74, 6) is 0. The molecule has 508 valence electrons. The minimum absolute atomic E-state index is 0.0680. The van der Waals surface area contributed by atoms with E-state index in [-0.39, 0.29) is 21.7 Å². The smallest absolute Gasteiger partial charge is 0.137 e. The number of hydrogen-bond acceptors (Lipinski definition) is 4. The second-order valence-corrected chi connectivity index (χ2v) is 32.7. The van der Waals surface area contributed by atoms with Gasteiger partial charge in [-0.1, -0.05) is 217 Å². The molecule has 0 atom stereocenters. The fourth-order valence-corrected chi connectivity index (χ4v) is 15.9. The summed E-state index contributed by atoms with van der Waals surface area (Å²) < 4.78 is 19.0. The monoisotopic (exact) mass is 1350 g/mol. The molecule has 4 aromatic heterocycles. The maximum atomic E-state index is 7.02. The summed E-state index contributed by atoms with van der Waals surface area (Å²) in [6.07, 6.45) is 0. The zero-order chi connectivity index (χ0) is 71.3. The van der Waals surface area contributed by atoms with Crippen LogP contribution in [0.1, 0.15) is 105 Å². The lowest BCUT2D eigenvalue weighted by molar-refractivity contribution is 0.567. The van der Waals surface area contributed by atoms with Crippen molar-refractivity contribution in [3.63, 3.8) is 0 Å². The number of furan rings is 2. The highest BCUT2D eigenvalue weighted by Crippen LogP contribution is 2.49. The average molecular weight is 1350 g/mol. The number of rotatable bonds is 10. The molecule has 104 heavy (non-hydrogen) atoms. The van der Waals surface area contributed by atoms with Crippen molar-refractivity contribution >= 4 is 132 Å². The lowest BCUT2D eigenvalue weighted by atomic mass is 9.80. The highest BCUT2D eigenvalue weighted by molar-refractivity contribution is 6.28. The lowest BCUT2D eigenvalue weighted by Gasteiger charge is -2.27. The van der Waals surface area contributed by atoms with E-state index in [0.29, 0.717) is 0 Å². The van der Waals surface area contributed by atoms with Crippen LogP contribution in [0.15, 0.2) is 300 Å². The van der Waals surface area contributed by atoms with Crippen LogP contribution in [0.25, 0.3) is 132 Å². The molecule has 0 bridgehead atoms. The van der Waals surface area contributed by atoms with Crippen molar-refractivity contribution < 1.29 is 8.83 Å². The number of para-hydroxylation sites is 2. The molecule has 0 saturated carbocycles. The fraction of sp³-hybridized carbons (Fsp3) is 0.163. The molecule has 18 rings (SSSR count). The summed E-state index contributed by atoms with van der Waals surface area (Å²) in [5, 5.41) is 11.3. The first kappa shape index (κ1) is 64.3. The van der Waals surface area contributed by atoms with Crippen molar-refractivity contribution in [2.75, 3.05) is 9.80 Å². The Kier molecular flexibility index (Phi) is 14.7. The maximum Gasteiger partial charge on any atom is 0.137 e. The van der Waals surface area contributed by atoms with Gasteiger partial charge < -0.3 is 27.8 Å². The molecule has 18 aromatic rings. The Morgan fingerprint density at radius 2 is 0.538 bits per heavy atom. The summed E-state index contributed by atoms with van der Waals surface area (Å²) in [6.45, 7) is 27.8. The van der Waals surface area contributed by atoms with Gasteiger partial charge in [-0.25, -0.2) is 0 Å². The highest BCUT2D eigenvalue weighted by Gasteiger charge is 2.28. The molecular weight excluding hydrogens is 1270 g/mol. The van der Waals surface area contributed by atoms with Gasteiger partial charge in [-0.15, -0.1) is 0 Å². The molecule has 0 amide bonds. The second kappa shape index (κ2) is 23.9. The SMILES string of the molecule is CC(C)(C)c1cc(-n2c3ccc(-c4ccccc4)cc3c3ccc(N(c4ccccc4)c4ccc5c(c4)oc4ccc6c(ccc7oc8cc(N(c9ccccc9)c9ccc%10c%11cc(-c%12ccccc%12)ccc%11n(-c%11cc(C(C)(C)C)cc(C(C)(C)C)c%11)c%10c9)ccc8c76)c45)cc32)cc(C(C)(C)C)c1. The van der Waals surface area contributed by atoms with E-state index < -0.39 is 0 Å². The van der Waals surface area contributed by atoms with Gasteiger partial charge in [-0.3, -0.25) is 0 Å². The Bertz CT molecular complexity index is 5980. The second-order valence-electron chi connectivity index (χ2n) is 32.7. The number of fused-ring (bicyclic) bond motifs is 15. The van der Waals surface area contributed by atoms with Crippen LogP contribution in [-0.2, 0) is 21.7 Å². The number of hydrogen-bond donors (Lipinski definition) is 0. The van der Waals surface area contributed by atoms with Gasteiger partial charge in [0.2, 0.25) is 0 Å². The Morgan fingerprint density at radius 1 is 0.221 bits per heavy atom. The van der Waals surface area contributed by atoms with Crippen molar-refractivity contribution in [3.8, 4) is 33.6 Å². The molecule has 0 aliphatic carbocycles. The third-order valence-corrected chi connectivity index (χ3v) is 21.6. The minimum Gasteiger partial charge on any atom is -0.456 e. The van der Waals surface area contributed by atoms with Crippen molar-refractivity contribution in [1.29, 1.82) is 0 Å². The molecular formula is C98H84N4O2. The summed E-state index contributed by atoms with van der Waals surface area (Å²) in [7, 11) is 0. The molecule has 0 N–H and O–H groups in total. The zero-order valence-electron chi connectivity index (χ0n) is 61.3. The van der Waals surface area contributed by atoms with Gasteiger partial charge in [0.25, 0.3) is 0 Å². The van der Waals surface area contributed by atoms with Crippen molar-refractivity contribution in [2.45, 2.75) is 105 Å². The Balaban J connectivity index is 0.760. The molecule has 14 aromatic carbocycles. The van der Waals surface area contributed by atoms with Gasteiger partial charge in [-0.05, 0) is 223 Å². The van der Waals surface area contributed by atoms with Crippen LogP contribution >= 0.6 is 0 Å². The van der Waals surface area contributed by atoms with Crippen LogP contribution in [0.2, 0.25) is 0 Å². The number of benzene rings is 14. The van der Waals surface area contributed by atoms with Gasteiger partial charge in [0.1, 0.15) is 22.3 Å². The van der Waals surface area contributed by atoms with Gasteiger partial charge in [0, 0.05) is 101 Å². The highest BCUT2D eigenvalue weighted by atomic mass is 16.3. The van der Waals surface area contributed by atoms with E-state index >= 15 is 0 Å². The third-order valence-electron chi connectivity index (χ3n) is 21.6. The van der Waals surface area contributed by atoms with Crippen molar-refractivity contribution in [3.05, 3.63) is 313 Å². The molecule has 0 spiro atoms. The van der Waals surface area contributed by atoms with Crippen LogP contribution in [-0.4, -0.2) is 9.13 Å². The molecule has 0 aliphatic rings. The third kappa shape index (κ3) is 10.9. The first-order valence-electron chi connectivity index (χ1n) is 36.6. The van der Waals surface area contributed by atoms with Crippen molar-refractivity contribution in [2.24, 2.45) is 0 Å². The minimum atomic E-state index is -0.0680. The predicted molar refractivity (Wildman–Crippen MR) is 442 cm³/mol. The van der Waals surface area contributed by atoms with Crippen LogP contribution < -0.4 is 9.80 Å². The first-order valence-corrected chi connectivity index (χ1v) is 36.6. The average Bonchev–Trinajstić information content (AvgIpc) is 1.57. The zero-order valence-corrected chi connectivity index (χ0v) is 61.3. The predicted octanol–water partition coefficient (Wildman–Crippen LogP) is 28.3. The normalized spacial score (nSPS) is 12.6. The summed E-state index contributed by atoms with van der Waals surface area (Å²) in [6, 6.07) is 108. The quantitative estimate of drug-likeness (QED) is 0.137. The summed E-state index contributed by atoms with van der Waals surface area (Å²) in [5.41, 5.74) is 26.1. The first-order chi connectivity index (χ1) is 50.1. The van der Waals surface area contributed by atoms with E-state index in [9.17, 15) is 0 Å². The van der Waals surface area contributed by atoms with E-state index in [4.69, 9.17) is 8.83 Å². The molecule has 6 nitrogen and oxygen atoms in total. The van der Waals surface area contributed by atoms with Gasteiger partial charge in [0.05, 0.1) is 22.1 Å². The maximum absolute atomic E-state index is 7.02. The molecule has 0 unspecified atom stereocenters. The summed E-state index contributed by atoms with van der Waals surface area (Å²) >= 11 is 0. The Hall–Kier alpha value is -11.9.